The molecule has 0 aliphatic carbocycles. The number of amides is 1. The number of rotatable bonds is 7. The Morgan fingerprint density at radius 1 is 1.60 bits per heavy atom. The van der Waals surface area contributed by atoms with Crippen LogP contribution < -0.4 is 16.0 Å². The molecule has 0 radical (unpaired) electrons. The fourth-order valence-corrected chi connectivity index (χ4v) is 2.86. The van der Waals surface area contributed by atoms with Crippen LogP contribution in [0.15, 0.2) is 11.6 Å². The number of carbonyl (C=O) groups excluding carboxylic acids is 1. The molecule has 0 saturated heterocycles. The number of hydrogen-bond acceptors (Lipinski definition) is 5. The van der Waals surface area contributed by atoms with Crippen molar-refractivity contribution in [2.45, 2.75) is 33.4 Å². The number of hydrogen-bond donors (Lipinski definition) is 2. The minimum Gasteiger partial charge on any atom is -0.368 e. The quantitative estimate of drug-likeness (QED) is 0.805. The van der Waals surface area contributed by atoms with Gasteiger partial charge in [-0.25, -0.2) is 4.98 Å². The minimum absolute atomic E-state index is 0.160. The van der Waals surface area contributed by atoms with Crippen molar-refractivity contribution in [1.29, 1.82) is 0 Å². The second-order valence-corrected chi connectivity index (χ2v) is 5.78. The van der Waals surface area contributed by atoms with Crippen molar-refractivity contribution in [2.24, 2.45) is 5.73 Å². The lowest BCUT2D eigenvalue weighted by Gasteiger charge is -2.26. The second kappa shape index (κ2) is 6.23. The highest BCUT2D eigenvalue weighted by molar-refractivity contribution is 7.15. The van der Waals surface area contributed by atoms with Crippen molar-refractivity contribution in [3.8, 4) is 0 Å². The molecule has 20 heavy (non-hydrogen) atoms. The van der Waals surface area contributed by atoms with Crippen LogP contribution in [-0.4, -0.2) is 34.4 Å². The molecule has 0 aliphatic rings. The first-order valence-electron chi connectivity index (χ1n) is 6.74. The van der Waals surface area contributed by atoms with Gasteiger partial charge in [0.05, 0.1) is 12.2 Å². The van der Waals surface area contributed by atoms with Crippen molar-refractivity contribution in [3.05, 3.63) is 17.3 Å². The summed E-state index contributed by atoms with van der Waals surface area (Å²) in [6, 6.07) is 0.160. The van der Waals surface area contributed by atoms with Gasteiger partial charge in [-0.2, -0.15) is 0 Å². The van der Waals surface area contributed by atoms with Gasteiger partial charge in [0, 0.05) is 24.2 Å². The van der Waals surface area contributed by atoms with Crippen LogP contribution in [-0.2, 0) is 11.3 Å². The van der Waals surface area contributed by atoms with E-state index in [0.717, 1.165) is 23.0 Å². The lowest BCUT2D eigenvalue weighted by molar-refractivity contribution is -0.116. The Bertz CT molecular complexity index is 589. The van der Waals surface area contributed by atoms with Gasteiger partial charge in [0.1, 0.15) is 0 Å². The molecule has 2 aromatic rings. The largest absolute Gasteiger partial charge is 0.368 e. The van der Waals surface area contributed by atoms with Gasteiger partial charge in [-0.1, -0.05) is 6.92 Å². The van der Waals surface area contributed by atoms with Crippen LogP contribution in [0.5, 0.6) is 0 Å². The Morgan fingerprint density at radius 2 is 2.35 bits per heavy atom. The predicted octanol–water partition coefficient (Wildman–Crippen LogP) is 1.21. The number of imidazole rings is 1. The van der Waals surface area contributed by atoms with E-state index in [4.69, 9.17) is 5.73 Å². The Morgan fingerprint density at radius 3 is 2.95 bits per heavy atom. The van der Waals surface area contributed by atoms with Crippen LogP contribution >= 0.6 is 11.3 Å². The average molecular weight is 295 g/mol. The Kier molecular flexibility index (Phi) is 4.61. The van der Waals surface area contributed by atoms with Gasteiger partial charge in [0.15, 0.2) is 10.8 Å². The van der Waals surface area contributed by atoms with Crippen LogP contribution in [0.25, 0.3) is 4.96 Å². The monoisotopic (exact) mass is 295 g/mol. The molecular formula is C13H21N5OS. The van der Waals surface area contributed by atoms with Gasteiger partial charge in [0.2, 0.25) is 5.91 Å². The van der Waals surface area contributed by atoms with Crippen LogP contribution in [0, 0.1) is 0 Å². The van der Waals surface area contributed by atoms with E-state index in [2.05, 4.69) is 21.6 Å². The number of thiazole rings is 1. The zero-order valence-electron chi connectivity index (χ0n) is 12.1. The van der Waals surface area contributed by atoms with Crippen molar-refractivity contribution >= 4 is 28.0 Å². The molecule has 2 aromatic heterocycles. The standard InChI is InChI=1S/C13H21N5OS/c1-4-15-7-10-12(16-13-17(10)5-6-20-13)18(9(2)3)8-11(14)19/h5-6,9,15H,4,7-8H2,1-3H3,(H2,14,19). The third kappa shape index (κ3) is 2.94. The van der Waals surface area contributed by atoms with E-state index >= 15 is 0 Å². The highest BCUT2D eigenvalue weighted by atomic mass is 32.1. The van der Waals surface area contributed by atoms with E-state index in [1.165, 1.54) is 0 Å². The number of nitrogens with two attached hydrogens (primary N) is 1. The highest BCUT2D eigenvalue weighted by Crippen LogP contribution is 2.26. The zero-order chi connectivity index (χ0) is 14.7. The summed E-state index contributed by atoms with van der Waals surface area (Å²) in [6.07, 6.45) is 2.01. The van der Waals surface area contributed by atoms with Crippen LogP contribution in [0.3, 0.4) is 0 Å². The number of fused-ring (bicyclic) bond motifs is 1. The number of nitrogens with zero attached hydrogens (tertiary/aromatic N) is 3. The molecule has 0 saturated carbocycles. The van der Waals surface area contributed by atoms with Crippen LogP contribution in [0.1, 0.15) is 26.5 Å². The molecule has 0 unspecified atom stereocenters. The van der Waals surface area contributed by atoms with Crippen LogP contribution in [0.4, 0.5) is 5.82 Å². The number of nitrogens with one attached hydrogen (secondary N) is 1. The maximum Gasteiger partial charge on any atom is 0.237 e. The summed E-state index contributed by atoms with van der Waals surface area (Å²) in [5.74, 6) is 0.496. The number of carbonyl (C=O) groups is 1. The first-order chi connectivity index (χ1) is 9.54. The van der Waals surface area contributed by atoms with Gasteiger partial charge < -0.3 is 16.0 Å². The summed E-state index contributed by atoms with van der Waals surface area (Å²) in [6.45, 7) is 7.91. The topological polar surface area (TPSA) is 75.7 Å². The summed E-state index contributed by atoms with van der Waals surface area (Å²) < 4.78 is 2.07. The van der Waals surface area contributed by atoms with E-state index in [-0.39, 0.29) is 18.5 Å². The average Bonchev–Trinajstić information content (AvgIpc) is 2.93. The zero-order valence-corrected chi connectivity index (χ0v) is 12.9. The summed E-state index contributed by atoms with van der Waals surface area (Å²) in [5.41, 5.74) is 6.43. The fourth-order valence-electron chi connectivity index (χ4n) is 2.13. The molecule has 6 nitrogen and oxygen atoms in total. The molecule has 0 bridgehead atoms. The first kappa shape index (κ1) is 14.8. The molecule has 2 rings (SSSR count). The fraction of sp³-hybridized carbons (Fsp3) is 0.538. The molecule has 0 aromatic carbocycles. The molecule has 2 heterocycles. The maximum atomic E-state index is 11.3. The van der Waals surface area contributed by atoms with E-state index in [9.17, 15) is 4.79 Å². The minimum atomic E-state index is -0.343. The van der Waals surface area contributed by atoms with Crippen molar-refractivity contribution in [1.82, 2.24) is 14.7 Å². The molecule has 3 N–H and O–H groups in total. The summed E-state index contributed by atoms with van der Waals surface area (Å²) in [4.78, 5) is 18.8. The molecule has 0 aliphatic heterocycles. The molecule has 7 heteroatoms. The number of anilines is 1. The second-order valence-electron chi connectivity index (χ2n) is 4.91. The third-order valence-corrected chi connectivity index (χ3v) is 3.86. The predicted molar refractivity (Wildman–Crippen MR) is 82.1 cm³/mol. The molecular weight excluding hydrogens is 274 g/mol. The molecule has 0 spiro atoms. The lowest BCUT2D eigenvalue weighted by Crippen LogP contribution is -2.39. The Hall–Kier alpha value is -1.60. The molecule has 0 fully saturated rings. The van der Waals surface area contributed by atoms with Crippen molar-refractivity contribution in [3.63, 3.8) is 0 Å². The number of aromatic nitrogens is 2. The van der Waals surface area contributed by atoms with Crippen molar-refractivity contribution in [2.75, 3.05) is 18.0 Å². The smallest absolute Gasteiger partial charge is 0.237 e. The van der Waals surface area contributed by atoms with Gasteiger partial charge >= 0.3 is 0 Å². The Balaban J connectivity index is 2.43. The van der Waals surface area contributed by atoms with Gasteiger partial charge in [-0.3, -0.25) is 9.20 Å². The summed E-state index contributed by atoms with van der Waals surface area (Å²) in [7, 11) is 0. The summed E-state index contributed by atoms with van der Waals surface area (Å²) >= 11 is 1.59. The van der Waals surface area contributed by atoms with Gasteiger partial charge in [0.25, 0.3) is 0 Å². The van der Waals surface area contributed by atoms with E-state index in [1.807, 2.05) is 30.3 Å². The Labute approximate surface area is 122 Å². The molecule has 1 amide bonds. The molecule has 0 atom stereocenters. The number of primary amides is 1. The SMILES string of the molecule is CCNCc1c(N(CC(N)=O)C(C)C)nc2sccn12. The third-order valence-electron chi connectivity index (χ3n) is 3.10. The van der Waals surface area contributed by atoms with Gasteiger partial charge in [-0.15, -0.1) is 11.3 Å². The summed E-state index contributed by atoms with van der Waals surface area (Å²) in [5, 5.41) is 5.33. The van der Waals surface area contributed by atoms with E-state index < -0.39 is 0 Å². The lowest BCUT2D eigenvalue weighted by atomic mass is 10.2. The normalized spacial score (nSPS) is 11.4. The first-order valence-corrected chi connectivity index (χ1v) is 7.62. The maximum absolute atomic E-state index is 11.3. The highest BCUT2D eigenvalue weighted by Gasteiger charge is 2.22. The van der Waals surface area contributed by atoms with Crippen molar-refractivity contribution < 1.29 is 4.79 Å². The van der Waals surface area contributed by atoms with Crippen LogP contribution in [0.2, 0.25) is 0 Å². The molecule has 110 valence electrons. The van der Waals surface area contributed by atoms with E-state index in [0.29, 0.717) is 6.54 Å². The van der Waals surface area contributed by atoms with E-state index in [1.54, 1.807) is 11.3 Å². The van der Waals surface area contributed by atoms with Gasteiger partial charge in [-0.05, 0) is 20.4 Å².